The van der Waals surface area contributed by atoms with Gasteiger partial charge in [0.05, 0.1) is 28.6 Å². The number of aryl methyl sites for hydroxylation is 1. The first-order chi connectivity index (χ1) is 13.8. The fourth-order valence-corrected chi connectivity index (χ4v) is 3.47. The molecule has 4 aromatic rings. The van der Waals surface area contributed by atoms with E-state index in [9.17, 15) is 9.59 Å². The number of rotatable bonds is 4. The third-order valence-corrected chi connectivity index (χ3v) is 4.66. The zero-order valence-corrected chi connectivity index (χ0v) is 16.7. The Balaban J connectivity index is 1.84. The summed E-state index contributed by atoms with van der Waals surface area (Å²) in [6, 6.07) is 16.9. The highest BCUT2D eigenvalue weighted by Gasteiger charge is 2.21. The molecule has 0 fully saturated rings. The van der Waals surface area contributed by atoms with Gasteiger partial charge in [0.25, 0.3) is 0 Å². The van der Waals surface area contributed by atoms with Gasteiger partial charge in [-0.2, -0.15) is 0 Å². The smallest absolute Gasteiger partial charge is 0.306 e. The number of hydrogen-bond acceptors (Lipinski definition) is 4. The Morgan fingerprint density at radius 3 is 2.45 bits per heavy atom. The maximum atomic E-state index is 13.2. The van der Waals surface area contributed by atoms with Crippen LogP contribution in [0.2, 0.25) is 0 Å². The van der Waals surface area contributed by atoms with Gasteiger partial charge in [0.1, 0.15) is 11.2 Å². The molecular weight excluding hydrogens is 366 g/mol. The molecule has 5 nitrogen and oxygen atoms in total. The summed E-state index contributed by atoms with van der Waals surface area (Å²) in [5, 5.41) is 1.05. The van der Waals surface area contributed by atoms with Crippen molar-refractivity contribution >= 4 is 27.9 Å². The number of carbonyl (C=O) groups is 1. The maximum absolute atomic E-state index is 13.2. The Hall–Kier alpha value is -3.34. The summed E-state index contributed by atoms with van der Waals surface area (Å²) in [5.74, 6) is -0.287. The van der Waals surface area contributed by atoms with Crippen LogP contribution in [0.3, 0.4) is 0 Å². The highest BCUT2D eigenvalue weighted by Crippen LogP contribution is 2.31. The quantitative estimate of drug-likeness (QED) is 0.486. The van der Waals surface area contributed by atoms with E-state index in [4.69, 9.17) is 9.15 Å². The molecule has 0 aliphatic carbocycles. The molecule has 2 aromatic heterocycles. The highest BCUT2D eigenvalue weighted by atomic mass is 16.6. The molecule has 4 rings (SSSR count). The molecule has 0 radical (unpaired) electrons. The lowest BCUT2D eigenvalue weighted by molar-refractivity contribution is -0.154. The van der Waals surface area contributed by atoms with E-state index in [1.165, 1.54) is 0 Å². The molecule has 0 amide bonds. The third kappa shape index (κ3) is 3.81. The zero-order valence-electron chi connectivity index (χ0n) is 16.7. The fourth-order valence-electron chi connectivity index (χ4n) is 3.47. The number of aromatic amines is 1. The van der Waals surface area contributed by atoms with Crippen LogP contribution in [-0.4, -0.2) is 16.6 Å². The molecule has 0 bridgehead atoms. The lowest BCUT2D eigenvalue weighted by Gasteiger charge is -2.19. The number of esters is 1. The van der Waals surface area contributed by atoms with E-state index in [-0.39, 0.29) is 17.8 Å². The van der Waals surface area contributed by atoms with E-state index < -0.39 is 5.60 Å². The van der Waals surface area contributed by atoms with E-state index in [1.807, 2.05) is 63.2 Å². The highest BCUT2D eigenvalue weighted by molar-refractivity contribution is 5.99. The molecule has 2 heterocycles. The van der Waals surface area contributed by atoms with Crippen LogP contribution in [0, 0.1) is 0 Å². The van der Waals surface area contributed by atoms with Crippen molar-refractivity contribution in [3.8, 4) is 11.3 Å². The Bertz CT molecular complexity index is 1240. The largest absolute Gasteiger partial charge is 0.460 e. The van der Waals surface area contributed by atoms with Crippen LogP contribution in [0.5, 0.6) is 0 Å². The third-order valence-electron chi connectivity index (χ3n) is 4.66. The monoisotopic (exact) mass is 389 g/mol. The Kier molecular flexibility index (Phi) is 4.74. The molecule has 0 spiro atoms. The van der Waals surface area contributed by atoms with Crippen molar-refractivity contribution in [3.63, 3.8) is 0 Å². The van der Waals surface area contributed by atoms with E-state index in [2.05, 4.69) is 4.98 Å². The van der Waals surface area contributed by atoms with Gasteiger partial charge in [0.15, 0.2) is 5.58 Å². The number of hydrogen-bond donors (Lipinski definition) is 1. The summed E-state index contributed by atoms with van der Waals surface area (Å²) in [6.07, 6.45) is 0.581. The lowest BCUT2D eigenvalue weighted by atomic mass is 10.1. The van der Waals surface area contributed by atoms with Crippen LogP contribution in [0.4, 0.5) is 0 Å². The van der Waals surface area contributed by atoms with Crippen LogP contribution in [0.1, 0.15) is 32.9 Å². The summed E-state index contributed by atoms with van der Waals surface area (Å²) < 4.78 is 11.5. The summed E-state index contributed by atoms with van der Waals surface area (Å²) in [4.78, 5) is 28.8. The summed E-state index contributed by atoms with van der Waals surface area (Å²) >= 11 is 0. The second-order valence-electron chi connectivity index (χ2n) is 8.06. The predicted octanol–water partition coefficient (Wildman–Crippen LogP) is 5.22. The van der Waals surface area contributed by atoms with E-state index >= 15 is 0 Å². The molecule has 0 aliphatic heterocycles. The zero-order chi connectivity index (χ0) is 20.6. The van der Waals surface area contributed by atoms with Crippen molar-refractivity contribution in [1.29, 1.82) is 0 Å². The van der Waals surface area contributed by atoms with Crippen LogP contribution in [0.15, 0.2) is 63.8 Å². The second kappa shape index (κ2) is 7.24. The van der Waals surface area contributed by atoms with Gasteiger partial charge in [0.2, 0.25) is 5.43 Å². The van der Waals surface area contributed by atoms with Crippen LogP contribution in [-0.2, 0) is 16.0 Å². The van der Waals surface area contributed by atoms with Crippen LogP contribution in [0.25, 0.3) is 33.2 Å². The molecule has 29 heavy (non-hydrogen) atoms. The van der Waals surface area contributed by atoms with Gasteiger partial charge in [-0.1, -0.05) is 42.5 Å². The van der Waals surface area contributed by atoms with Gasteiger partial charge in [-0.25, -0.2) is 0 Å². The molecule has 1 N–H and O–H groups in total. The average Bonchev–Trinajstić information content (AvgIpc) is 3.05. The van der Waals surface area contributed by atoms with Gasteiger partial charge < -0.3 is 14.1 Å². The number of para-hydroxylation sites is 1. The molecule has 0 atom stereocenters. The molecule has 2 aromatic carbocycles. The van der Waals surface area contributed by atoms with Gasteiger partial charge in [-0.05, 0) is 38.5 Å². The van der Waals surface area contributed by atoms with Crippen LogP contribution >= 0.6 is 0 Å². The number of aromatic nitrogens is 1. The van der Waals surface area contributed by atoms with Gasteiger partial charge in [-0.15, -0.1) is 0 Å². The number of nitrogens with one attached hydrogen (secondary N) is 1. The molecule has 148 valence electrons. The van der Waals surface area contributed by atoms with Crippen molar-refractivity contribution in [2.24, 2.45) is 0 Å². The van der Waals surface area contributed by atoms with Crippen molar-refractivity contribution in [3.05, 3.63) is 70.5 Å². The first-order valence-electron chi connectivity index (χ1n) is 9.67. The first kappa shape index (κ1) is 19.0. The fraction of sp³-hybridized carbons (Fsp3) is 0.250. The minimum Gasteiger partial charge on any atom is -0.460 e. The predicted molar refractivity (Wildman–Crippen MR) is 114 cm³/mol. The normalized spacial score (nSPS) is 11.8. The molecule has 0 aliphatic rings. The average molecular weight is 389 g/mol. The summed E-state index contributed by atoms with van der Waals surface area (Å²) in [5.41, 5.74) is 2.72. The van der Waals surface area contributed by atoms with Crippen molar-refractivity contribution < 1.29 is 13.9 Å². The Labute approximate surface area is 168 Å². The van der Waals surface area contributed by atoms with Crippen LogP contribution < -0.4 is 5.43 Å². The SMILES string of the molecule is CC(C)(C)OC(=O)CCc1[nH]c(-c2ccccc2)c2c(=O)c3ccccc3oc12. The standard InChI is InChI=1S/C24H23NO4/c1-24(2,3)29-19(26)14-13-17-23-20(21(25-17)15-9-5-4-6-10-15)22(27)16-11-7-8-12-18(16)28-23/h4-12,25H,13-14H2,1-3H3. The number of benzene rings is 2. The number of fused-ring (bicyclic) bond motifs is 2. The summed E-state index contributed by atoms with van der Waals surface area (Å²) in [6.45, 7) is 5.52. The Morgan fingerprint density at radius 2 is 1.72 bits per heavy atom. The first-order valence-corrected chi connectivity index (χ1v) is 9.67. The maximum Gasteiger partial charge on any atom is 0.306 e. The van der Waals surface area contributed by atoms with E-state index in [1.54, 1.807) is 12.1 Å². The summed E-state index contributed by atoms with van der Waals surface area (Å²) in [7, 11) is 0. The van der Waals surface area contributed by atoms with E-state index in [0.717, 1.165) is 5.56 Å². The molecule has 5 heteroatoms. The minimum atomic E-state index is -0.535. The minimum absolute atomic E-state index is 0.0829. The molecular formula is C24H23NO4. The van der Waals surface area contributed by atoms with Gasteiger partial charge in [0, 0.05) is 6.42 Å². The van der Waals surface area contributed by atoms with Crippen molar-refractivity contribution in [2.75, 3.05) is 0 Å². The topological polar surface area (TPSA) is 72.3 Å². The lowest BCUT2D eigenvalue weighted by Crippen LogP contribution is -2.24. The Morgan fingerprint density at radius 1 is 1.03 bits per heavy atom. The molecule has 0 saturated heterocycles. The number of H-pyrrole nitrogens is 1. The van der Waals surface area contributed by atoms with Crippen molar-refractivity contribution in [2.45, 2.75) is 39.2 Å². The number of carbonyl (C=O) groups excluding carboxylic acids is 1. The van der Waals surface area contributed by atoms with Crippen molar-refractivity contribution in [1.82, 2.24) is 4.98 Å². The van der Waals surface area contributed by atoms with Gasteiger partial charge in [-0.3, -0.25) is 9.59 Å². The number of ether oxygens (including phenoxy) is 1. The second-order valence-corrected chi connectivity index (χ2v) is 8.06. The van der Waals surface area contributed by atoms with E-state index in [0.29, 0.717) is 39.7 Å². The molecule has 0 unspecified atom stereocenters. The molecule has 0 saturated carbocycles. The van der Waals surface area contributed by atoms with Gasteiger partial charge >= 0.3 is 5.97 Å².